The van der Waals surface area contributed by atoms with Crippen LogP contribution in [0.25, 0.3) is 0 Å². The van der Waals surface area contributed by atoms with E-state index in [1.165, 1.54) is 4.31 Å². The third-order valence-electron chi connectivity index (χ3n) is 4.53. The van der Waals surface area contributed by atoms with E-state index >= 15 is 0 Å². The zero-order valence-electron chi connectivity index (χ0n) is 16.2. The van der Waals surface area contributed by atoms with Crippen LogP contribution < -0.4 is 0 Å². The molecule has 0 radical (unpaired) electrons. The Morgan fingerprint density at radius 3 is 2.28 bits per heavy atom. The number of aryl methyl sites for hydroxylation is 2. The molecule has 1 aliphatic rings. The van der Waals surface area contributed by atoms with Crippen molar-refractivity contribution in [1.29, 1.82) is 0 Å². The molecule has 25 heavy (non-hydrogen) atoms. The molecule has 142 valence electrons. The first-order valence-electron chi connectivity index (χ1n) is 8.71. The summed E-state index contributed by atoms with van der Waals surface area (Å²) in [4.78, 5) is 14.5. The van der Waals surface area contributed by atoms with Crippen molar-refractivity contribution < 1.29 is 13.2 Å². The number of carbonyl (C=O) groups is 1. The highest BCUT2D eigenvalue weighted by Crippen LogP contribution is 2.25. The molecule has 0 aliphatic carbocycles. The van der Waals surface area contributed by atoms with E-state index in [0.717, 1.165) is 0 Å². The first-order chi connectivity index (χ1) is 11.4. The van der Waals surface area contributed by atoms with Crippen molar-refractivity contribution in [3.63, 3.8) is 0 Å². The lowest BCUT2D eigenvalue weighted by Gasteiger charge is -2.25. The Bertz CT molecular complexity index is 747. The maximum Gasteiger partial charge on any atom is 0.246 e. The Morgan fingerprint density at radius 2 is 1.76 bits per heavy atom. The maximum atomic E-state index is 13.1. The van der Waals surface area contributed by atoms with Crippen LogP contribution in [0.5, 0.6) is 0 Å². The fraction of sp³-hybridized carbons (Fsp3) is 0.765. The van der Waals surface area contributed by atoms with Gasteiger partial charge in [-0.2, -0.15) is 9.40 Å². The molecule has 0 atom stereocenters. The first-order valence-corrected chi connectivity index (χ1v) is 10.2. The van der Waals surface area contributed by atoms with Gasteiger partial charge < -0.3 is 4.90 Å². The van der Waals surface area contributed by atoms with Crippen LogP contribution >= 0.6 is 0 Å². The molecule has 2 heterocycles. The lowest BCUT2D eigenvalue weighted by atomic mass is 9.91. The van der Waals surface area contributed by atoms with Crippen molar-refractivity contribution in [3.8, 4) is 0 Å². The van der Waals surface area contributed by atoms with Gasteiger partial charge >= 0.3 is 0 Å². The SMILES string of the molecule is Cc1nn(C)c(C)c1S(=O)(=O)N1CCCN(C(=O)CC(C)(C)C)CC1. The topological polar surface area (TPSA) is 75.5 Å². The highest BCUT2D eigenvalue weighted by molar-refractivity contribution is 7.89. The zero-order chi connectivity index (χ0) is 19.0. The predicted octanol–water partition coefficient (Wildman–Crippen LogP) is 1.70. The van der Waals surface area contributed by atoms with Crippen LogP contribution in [0.4, 0.5) is 0 Å². The summed E-state index contributed by atoms with van der Waals surface area (Å²) in [7, 11) is -1.85. The molecule has 1 fully saturated rings. The highest BCUT2D eigenvalue weighted by Gasteiger charge is 2.33. The normalized spacial score (nSPS) is 17.6. The van der Waals surface area contributed by atoms with Gasteiger partial charge in [-0.3, -0.25) is 9.48 Å². The smallest absolute Gasteiger partial charge is 0.246 e. The summed E-state index contributed by atoms with van der Waals surface area (Å²) < 4.78 is 29.2. The summed E-state index contributed by atoms with van der Waals surface area (Å²) in [5.74, 6) is 0.0977. The molecule has 8 heteroatoms. The minimum atomic E-state index is -3.60. The molecule has 0 spiro atoms. The average Bonchev–Trinajstić information content (AvgIpc) is 2.66. The van der Waals surface area contributed by atoms with Gasteiger partial charge in [0.05, 0.1) is 11.4 Å². The van der Waals surface area contributed by atoms with Crippen molar-refractivity contribution in [2.45, 2.75) is 52.4 Å². The lowest BCUT2D eigenvalue weighted by molar-refractivity contribution is -0.132. The number of amides is 1. The van der Waals surface area contributed by atoms with Gasteiger partial charge in [-0.25, -0.2) is 8.42 Å². The number of hydrogen-bond donors (Lipinski definition) is 0. The second-order valence-corrected chi connectivity index (χ2v) is 9.87. The third kappa shape index (κ3) is 4.41. The molecule has 7 nitrogen and oxygen atoms in total. The van der Waals surface area contributed by atoms with Gasteiger partial charge in [0.2, 0.25) is 15.9 Å². The minimum Gasteiger partial charge on any atom is -0.341 e. The van der Waals surface area contributed by atoms with Gasteiger partial charge in [0.25, 0.3) is 0 Å². The van der Waals surface area contributed by atoms with Crippen LogP contribution in [0.2, 0.25) is 0 Å². The van der Waals surface area contributed by atoms with E-state index in [1.54, 1.807) is 30.5 Å². The van der Waals surface area contributed by atoms with Gasteiger partial charge in [0.15, 0.2) is 0 Å². The van der Waals surface area contributed by atoms with Crippen LogP contribution in [-0.4, -0.2) is 59.5 Å². The predicted molar refractivity (Wildman–Crippen MR) is 96.7 cm³/mol. The van der Waals surface area contributed by atoms with Crippen LogP contribution in [-0.2, 0) is 21.9 Å². The molecule has 0 N–H and O–H groups in total. The third-order valence-corrected chi connectivity index (χ3v) is 6.68. The van der Waals surface area contributed by atoms with Gasteiger partial charge in [-0.1, -0.05) is 20.8 Å². The summed E-state index contributed by atoms with van der Waals surface area (Å²) in [6.07, 6.45) is 1.12. The second kappa shape index (κ2) is 7.07. The summed E-state index contributed by atoms with van der Waals surface area (Å²) >= 11 is 0. The molecule has 1 aliphatic heterocycles. The Kier molecular flexibility index (Phi) is 5.63. The van der Waals surface area contributed by atoms with E-state index in [-0.39, 0.29) is 11.3 Å². The molecule has 0 saturated carbocycles. The number of aromatic nitrogens is 2. The average molecular weight is 371 g/mol. The van der Waals surface area contributed by atoms with Crippen molar-refractivity contribution in [3.05, 3.63) is 11.4 Å². The summed E-state index contributed by atoms with van der Waals surface area (Å²) in [5.41, 5.74) is 1.09. The summed E-state index contributed by atoms with van der Waals surface area (Å²) in [6, 6.07) is 0. The van der Waals surface area contributed by atoms with Gasteiger partial charge in [-0.15, -0.1) is 0 Å². The Morgan fingerprint density at radius 1 is 1.12 bits per heavy atom. The number of sulfonamides is 1. The molecule has 0 unspecified atom stereocenters. The standard InChI is InChI=1S/C17H30N4O3S/c1-13-16(14(2)19(6)18-13)25(23,24)21-9-7-8-20(10-11-21)15(22)12-17(3,4)5/h7-12H2,1-6H3. The van der Waals surface area contributed by atoms with Crippen molar-refractivity contribution in [2.75, 3.05) is 26.2 Å². The molecule has 0 aromatic carbocycles. The molecular formula is C17H30N4O3S. The fourth-order valence-electron chi connectivity index (χ4n) is 3.21. The zero-order valence-corrected chi connectivity index (χ0v) is 17.0. The van der Waals surface area contributed by atoms with Crippen LogP contribution in [0.3, 0.4) is 0 Å². The maximum absolute atomic E-state index is 13.1. The van der Waals surface area contributed by atoms with Crippen molar-refractivity contribution in [1.82, 2.24) is 19.0 Å². The van der Waals surface area contributed by atoms with E-state index < -0.39 is 10.0 Å². The van der Waals surface area contributed by atoms with Crippen LogP contribution in [0.1, 0.15) is 45.0 Å². The highest BCUT2D eigenvalue weighted by atomic mass is 32.2. The molecular weight excluding hydrogens is 340 g/mol. The second-order valence-electron chi connectivity index (χ2n) is 8.00. The number of carbonyl (C=O) groups excluding carboxylic acids is 1. The summed E-state index contributed by atoms with van der Waals surface area (Å²) in [6.45, 7) is 11.4. The minimum absolute atomic E-state index is 0.0704. The number of hydrogen-bond acceptors (Lipinski definition) is 4. The monoisotopic (exact) mass is 370 g/mol. The van der Waals surface area contributed by atoms with Crippen LogP contribution in [0, 0.1) is 19.3 Å². The Balaban J connectivity index is 2.16. The first kappa shape index (κ1) is 19.9. The van der Waals surface area contributed by atoms with E-state index in [9.17, 15) is 13.2 Å². The van der Waals surface area contributed by atoms with Crippen molar-refractivity contribution in [2.24, 2.45) is 12.5 Å². The Labute approximate surface area is 151 Å². The molecule has 1 amide bonds. The van der Waals surface area contributed by atoms with E-state index in [0.29, 0.717) is 55.3 Å². The largest absolute Gasteiger partial charge is 0.341 e. The van der Waals surface area contributed by atoms with Gasteiger partial charge in [0.1, 0.15) is 4.90 Å². The Hall–Kier alpha value is -1.41. The summed E-state index contributed by atoms with van der Waals surface area (Å²) in [5, 5.41) is 4.22. The van der Waals surface area contributed by atoms with E-state index in [2.05, 4.69) is 5.10 Å². The molecule has 1 saturated heterocycles. The molecule has 2 rings (SSSR count). The molecule has 1 aromatic heterocycles. The van der Waals surface area contributed by atoms with E-state index in [1.807, 2.05) is 20.8 Å². The number of rotatable bonds is 3. The van der Waals surface area contributed by atoms with Crippen LogP contribution in [0.15, 0.2) is 4.90 Å². The lowest BCUT2D eigenvalue weighted by Crippen LogP contribution is -2.38. The number of nitrogens with zero attached hydrogens (tertiary/aromatic N) is 4. The molecule has 1 aromatic rings. The molecule has 0 bridgehead atoms. The quantitative estimate of drug-likeness (QED) is 0.811. The fourth-order valence-corrected chi connectivity index (χ4v) is 5.07. The van der Waals surface area contributed by atoms with Gasteiger partial charge in [-0.05, 0) is 25.7 Å². The van der Waals surface area contributed by atoms with Crippen molar-refractivity contribution >= 4 is 15.9 Å². The van der Waals surface area contributed by atoms with E-state index in [4.69, 9.17) is 0 Å². The van der Waals surface area contributed by atoms with Gasteiger partial charge in [0, 0.05) is 39.6 Å².